The Balaban J connectivity index is 2.48. The lowest BCUT2D eigenvalue weighted by Gasteiger charge is -2.05. The minimum atomic E-state index is -3.34. The van der Waals surface area contributed by atoms with Gasteiger partial charge in [0.2, 0.25) is 16.0 Å². The number of aromatic nitrogens is 1. The van der Waals surface area contributed by atoms with Crippen molar-refractivity contribution in [3.63, 3.8) is 0 Å². The maximum absolute atomic E-state index is 12.5. The molecule has 1 aromatic rings. The Morgan fingerprint density at radius 2 is 2.18 bits per heavy atom. The predicted octanol–water partition coefficient (Wildman–Crippen LogP) is -0.500. The van der Waals surface area contributed by atoms with E-state index in [1.54, 1.807) is 0 Å². The van der Waals surface area contributed by atoms with Gasteiger partial charge in [0.05, 0.1) is 11.3 Å². The van der Waals surface area contributed by atoms with Gasteiger partial charge in [-0.05, 0) is 19.2 Å². The summed E-state index contributed by atoms with van der Waals surface area (Å²) in [6.45, 7) is -0.0284. The van der Waals surface area contributed by atoms with Crippen LogP contribution < -0.4 is 10.0 Å². The average Bonchev–Trinajstić information content (AvgIpc) is 2.29. The molecule has 94 valence electrons. The lowest BCUT2D eigenvalue weighted by Crippen LogP contribution is -2.33. The SMILES string of the molecule is CNS(=O)(=O)CCNC(=O)c1ccc(F)nc1. The molecule has 0 radical (unpaired) electrons. The molecule has 0 atom stereocenters. The van der Waals surface area contributed by atoms with Crippen molar-refractivity contribution in [3.8, 4) is 0 Å². The average molecular weight is 261 g/mol. The van der Waals surface area contributed by atoms with E-state index in [-0.39, 0.29) is 17.9 Å². The Morgan fingerprint density at radius 3 is 2.71 bits per heavy atom. The first kappa shape index (κ1) is 13.5. The maximum atomic E-state index is 12.5. The van der Waals surface area contributed by atoms with Crippen LogP contribution in [0.5, 0.6) is 0 Å². The van der Waals surface area contributed by atoms with E-state index in [4.69, 9.17) is 0 Å². The molecule has 0 saturated heterocycles. The predicted molar refractivity (Wildman–Crippen MR) is 59.4 cm³/mol. The molecule has 6 nitrogen and oxygen atoms in total. The van der Waals surface area contributed by atoms with Gasteiger partial charge >= 0.3 is 0 Å². The first-order valence-electron chi connectivity index (χ1n) is 4.75. The van der Waals surface area contributed by atoms with Crippen molar-refractivity contribution < 1.29 is 17.6 Å². The van der Waals surface area contributed by atoms with E-state index in [9.17, 15) is 17.6 Å². The van der Waals surface area contributed by atoms with Gasteiger partial charge in [-0.3, -0.25) is 4.79 Å². The second kappa shape index (κ2) is 5.69. The Morgan fingerprint density at radius 1 is 1.47 bits per heavy atom. The Kier molecular flexibility index (Phi) is 4.53. The summed E-state index contributed by atoms with van der Waals surface area (Å²) in [6, 6.07) is 2.32. The fourth-order valence-electron chi connectivity index (χ4n) is 1.01. The fourth-order valence-corrected chi connectivity index (χ4v) is 1.59. The molecule has 8 heteroatoms. The second-order valence-electron chi connectivity index (χ2n) is 3.15. The van der Waals surface area contributed by atoms with E-state index in [2.05, 4.69) is 15.0 Å². The number of pyridine rings is 1. The lowest BCUT2D eigenvalue weighted by atomic mass is 10.3. The van der Waals surface area contributed by atoms with Crippen molar-refractivity contribution in [1.29, 1.82) is 0 Å². The summed E-state index contributed by atoms with van der Waals surface area (Å²) in [4.78, 5) is 14.8. The van der Waals surface area contributed by atoms with E-state index >= 15 is 0 Å². The van der Waals surface area contributed by atoms with Gasteiger partial charge in [-0.2, -0.15) is 4.39 Å². The van der Waals surface area contributed by atoms with Gasteiger partial charge in [0.1, 0.15) is 0 Å². The van der Waals surface area contributed by atoms with Crippen LogP contribution in [0, 0.1) is 5.95 Å². The van der Waals surface area contributed by atoms with Crippen LogP contribution in [0.25, 0.3) is 0 Å². The van der Waals surface area contributed by atoms with Crippen molar-refractivity contribution >= 4 is 15.9 Å². The standard InChI is InChI=1S/C9H12FN3O3S/c1-11-17(15,16)5-4-12-9(14)7-2-3-8(10)13-6-7/h2-3,6,11H,4-5H2,1H3,(H,12,14). The maximum Gasteiger partial charge on any atom is 0.252 e. The van der Waals surface area contributed by atoms with Gasteiger partial charge in [-0.25, -0.2) is 18.1 Å². The third kappa shape index (κ3) is 4.45. The molecule has 0 aromatic carbocycles. The Hall–Kier alpha value is -1.54. The first-order valence-corrected chi connectivity index (χ1v) is 6.41. The number of carbonyl (C=O) groups excluding carboxylic acids is 1. The van der Waals surface area contributed by atoms with Crippen LogP contribution in [0.1, 0.15) is 10.4 Å². The highest BCUT2D eigenvalue weighted by Crippen LogP contribution is 1.98. The molecule has 1 heterocycles. The zero-order valence-electron chi connectivity index (χ0n) is 9.10. The second-order valence-corrected chi connectivity index (χ2v) is 5.19. The van der Waals surface area contributed by atoms with Crippen molar-refractivity contribution in [1.82, 2.24) is 15.0 Å². The van der Waals surface area contributed by atoms with Crippen LogP contribution in [0.3, 0.4) is 0 Å². The normalized spacial score (nSPS) is 11.2. The third-order valence-corrected chi connectivity index (χ3v) is 3.32. The van der Waals surface area contributed by atoms with Crippen molar-refractivity contribution in [2.24, 2.45) is 0 Å². The summed E-state index contributed by atoms with van der Waals surface area (Å²) >= 11 is 0. The minimum absolute atomic E-state index is 0.0284. The van der Waals surface area contributed by atoms with Crippen LogP contribution in [0.2, 0.25) is 0 Å². The topological polar surface area (TPSA) is 88.2 Å². The molecule has 0 spiro atoms. The fraction of sp³-hybridized carbons (Fsp3) is 0.333. The van der Waals surface area contributed by atoms with Crippen LogP contribution in [-0.4, -0.2) is 38.7 Å². The van der Waals surface area contributed by atoms with Gasteiger partial charge in [-0.15, -0.1) is 0 Å². The van der Waals surface area contributed by atoms with Gasteiger partial charge in [0, 0.05) is 12.7 Å². The van der Waals surface area contributed by atoms with E-state index < -0.39 is 21.9 Å². The number of hydrogen-bond donors (Lipinski definition) is 2. The van der Waals surface area contributed by atoms with Crippen molar-refractivity contribution in [3.05, 3.63) is 29.8 Å². The number of halogens is 1. The summed E-state index contributed by atoms with van der Waals surface area (Å²) in [7, 11) is -2.05. The molecule has 0 saturated carbocycles. The van der Waals surface area contributed by atoms with Crippen LogP contribution in [0.4, 0.5) is 4.39 Å². The van der Waals surface area contributed by atoms with E-state index in [1.165, 1.54) is 13.1 Å². The van der Waals surface area contributed by atoms with Crippen LogP contribution >= 0.6 is 0 Å². The molecule has 1 amide bonds. The smallest absolute Gasteiger partial charge is 0.252 e. The quantitative estimate of drug-likeness (QED) is 0.699. The molecule has 0 unspecified atom stereocenters. The van der Waals surface area contributed by atoms with Gasteiger partial charge in [0.25, 0.3) is 5.91 Å². The number of amides is 1. The summed E-state index contributed by atoms with van der Waals surface area (Å²) in [6.07, 6.45) is 1.08. The molecule has 0 aliphatic carbocycles. The van der Waals surface area contributed by atoms with Crippen molar-refractivity contribution in [2.75, 3.05) is 19.3 Å². The molecule has 0 fully saturated rings. The monoisotopic (exact) mass is 261 g/mol. The number of rotatable bonds is 5. The molecular weight excluding hydrogens is 249 g/mol. The summed E-state index contributed by atoms with van der Waals surface area (Å²) in [5.74, 6) is -1.40. The number of carbonyl (C=O) groups is 1. The number of hydrogen-bond acceptors (Lipinski definition) is 4. The zero-order valence-corrected chi connectivity index (χ0v) is 9.92. The molecular formula is C9H12FN3O3S. The van der Waals surface area contributed by atoms with Crippen molar-refractivity contribution in [2.45, 2.75) is 0 Å². The highest BCUT2D eigenvalue weighted by Gasteiger charge is 2.09. The molecule has 1 aromatic heterocycles. The minimum Gasteiger partial charge on any atom is -0.351 e. The summed E-state index contributed by atoms with van der Waals surface area (Å²) in [5.41, 5.74) is 0.174. The van der Waals surface area contributed by atoms with Crippen LogP contribution in [-0.2, 0) is 10.0 Å². The van der Waals surface area contributed by atoms with Crippen LogP contribution in [0.15, 0.2) is 18.3 Å². The molecule has 0 bridgehead atoms. The van der Waals surface area contributed by atoms with Gasteiger partial charge in [0.15, 0.2) is 0 Å². The van der Waals surface area contributed by atoms with Gasteiger partial charge in [-0.1, -0.05) is 0 Å². The highest BCUT2D eigenvalue weighted by molar-refractivity contribution is 7.89. The van der Waals surface area contributed by atoms with E-state index in [1.807, 2.05) is 0 Å². The number of nitrogens with one attached hydrogen (secondary N) is 2. The summed E-state index contributed by atoms with van der Waals surface area (Å²) < 4.78 is 36.7. The van der Waals surface area contributed by atoms with E-state index in [0.717, 1.165) is 12.3 Å². The first-order chi connectivity index (χ1) is 7.94. The van der Waals surface area contributed by atoms with E-state index in [0.29, 0.717) is 0 Å². The molecule has 1 rings (SSSR count). The third-order valence-electron chi connectivity index (χ3n) is 1.96. The largest absolute Gasteiger partial charge is 0.351 e. The summed E-state index contributed by atoms with van der Waals surface area (Å²) in [5, 5.41) is 2.39. The molecule has 0 aliphatic heterocycles. The lowest BCUT2D eigenvalue weighted by molar-refractivity contribution is 0.0955. The molecule has 17 heavy (non-hydrogen) atoms. The Labute approximate surface area is 98.3 Å². The molecule has 2 N–H and O–H groups in total. The molecule has 0 aliphatic rings. The Bertz CT molecular complexity index is 487. The highest BCUT2D eigenvalue weighted by atomic mass is 32.2. The number of sulfonamides is 1. The van der Waals surface area contributed by atoms with Gasteiger partial charge < -0.3 is 5.32 Å². The zero-order chi connectivity index (χ0) is 12.9. The number of nitrogens with zero attached hydrogens (tertiary/aromatic N) is 1.